The number of rotatable bonds is 5. The fraction of sp³-hybridized carbons (Fsp3) is 0.357. The van der Waals surface area contributed by atoms with Crippen LogP contribution in [0.1, 0.15) is 19.4 Å². The van der Waals surface area contributed by atoms with Gasteiger partial charge in [0.05, 0.1) is 11.4 Å². The summed E-state index contributed by atoms with van der Waals surface area (Å²) in [6.07, 6.45) is 0. The van der Waals surface area contributed by atoms with Crippen molar-refractivity contribution in [2.24, 2.45) is 17.4 Å². The Kier molecular flexibility index (Phi) is 5.90. The van der Waals surface area contributed by atoms with Gasteiger partial charge in [-0.1, -0.05) is 31.8 Å². The van der Waals surface area contributed by atoms with Crippen LogP contribution in [0.15, 0.2) is 29.2 Å². The molecule has 0 saturated heterocycles. The number of carbonyl (C=O) groups is 1. The maximum Gasteiger partial charge on any atom is 0.241 e. The first-order chi connectivity index (χ1) is 9.77. The van der Waals surface area contributed by atoms with Crippen LogP contribution in [-0.2, 0) is 14.8 Å². The van der Waals surface area contributed by atoms with Gasteiger partial charge in [-0.05, 0) is 24.1 Å². The molecule has 1 aromatic rings. The standard InChI is InChI=1S/C14H19N3O3S/c1-10(2)13(14(16)18)17-21(19,20)12-7-3-5-11(9-12)6-4-8-15/h3,5,7,9-10,13,17H,8,15H2,1-2H3,(H2,16,18). The van der Waals surface area contributed by atoms with Crippen LogP contribution < -0.4 is 16.2 Å². The number of sulfonamides is 1. The summed E-state index contributed by atoms with van der Waals surface area (Å²) in [4.78, 5) is 11.3. The zero-order chi connectivity index (χ0) is 16.0. The van der Waals surface area contributed by atoms with Gasteiger partial charge in [-0.15, -0.1) is 0 Å². The molecule has 1 rings (SSSR count). The molecule has 0 fully saturated rings. The van der Waals surface area contributed by atoms with E-state index in [4.69, 9.17) is 11.5 Å². The van der Waals surface area contributed by atoms with E-state index < -0.39 is 22.0 Å². The van der Waals surface area contributed by atoms with Gasteiger partial charge in [0.2, 0.25) is 15.9 Å². The molecule has 114 valence electrons. The zero-order valence-electron chi connectivity index (χ0n) is 12.0. The van der Waals surface area contributed by atoms with Gasteiger partial charge in [0, 0.05) is 5.56 Å². The lowest BCUT2D eigenvalue weighted by molar-refractivity contribution is -0.120. The monoisotopic (exact) mass is 309 g/mol. The predicted octanol–water partition coefficient (Wildman–Crippen LogP) is -0.215. The van der Waals surface area contributed by atoms with Gasteiger partial charge in [0.15, 0.2) is 0 Å². The maximum atomic E-state index is 12.3. The highest BCUT2D eigenvalue weighted by atomic mass is 32.2. The van der Waals surface area contributed by atoms with Crippen molar-refractivity contribution in [3.05, 3.63) is 29.8 Å². The van der Waals surface area contributed by atoms with Crippen molar-refractivity contribution < 1.29 is 13.2 Å². The van der Waals surface area contributed by atoms with Crippen LogP contribution in [0.5, 0.6) is 0 Å². The predicted molar refractivity (Wildman–Crippen MR) is 80.5 cm³/mol. The van der Waals surface area contributed by atoms with E-state index in [0.29, 0.717) is 5.56 Å². The minimum absolute atomic E-state index is 0.0261. The van der Waals surface area contributed by atoms with Crippen molar-refractivity contribution in [2.75, 3.05) is 6.54 Å². The van der Waals surface area contributed by atoms with Crippen molar-refractivity contribution in [3.63, 3.8) is 0 Å². The number of carbonyl (C=O) groups excluding carboxylic acids is 1. The quantitative estimate of drug-likeness (QED) is 0.652. The van der Waals surface area contributed by atoms with E-state index in [-0.39, 0.29) is 17.4 Å². The molecule has 0 heterocycles. The van der Waals surface area contributed by atoms with Crippen molar-refractivity contribution >= 4 is 15.9 Å². The molecule has 0 aliphatic heterocycles. The molecule has 5 N–H and O–H groups in total. The van der Waals surface area contributed by atoms with Crippen molar-refractivity contribution in [1.29, 1.82) is 0 Å². The minimum atomic E-state index is -3.85. The van der Waals surface area contributed by atoms with Gasteiger partial charge < -0.3 is 11.5 Å². The number of nitrogens with two attached hydrogens (primary N) is 2. The van der Waals surface area contributed by atoms with Gasteiger partial charge in [0.1, 0.15) is 6.04 Å². The van der Waals surface area contributed by atoms with Crippen molar-refractivity contribution in [1.82, 2.24) is 4.72 Å². The summed E-state index contributed by atoms with van der Waals surface area (Å²) >= 11 is 0. The zero-order valence-corrected chi connectivity index (χ0v) is 12.8. The fourth-order valence-electron chi connectivity index (χ4n) is 1.65. The summed E-state index contributed by atoms with van der Waals surface area (Å²) in [5, 5.41) is 0. The van der Waals surface area contributed by atoms with E-state index in [2.05, 4.69) is 16.6 Å². The van der Waals surface area contributed by atoms with E-state index in [1.165, 1.54) is 12.1 Å². The smallest absolute Gasteiger partial charge is 0.241 e. The van der Waals surface area contributed by atoms with Gasteiger partial charge in [-0.3, -0.25) is 4.79 Å². The summed E-state index contributed by atoms with van der Waals surface area (Å²) in [5.41, 5.74) is 11.0. The molecular weight excluding hydrogens is 290 g/mol. The van der Waals surface area contributed by atoms with Gasteiger partial charge >= 0.3 is 0 Å². The first-order valence-corrected chi connectivity index (χ1v) is 7.87. The molecule has 7 heteroatoms. The van der Waals surface area contributed by atoms with Crippen LogP contribution in [0.2, 0.25) is 0 Å². The summed E-state index contributed by atoms with van der Waals surface area (Å²) in [5.74, 6) is 4.44. The minimum Gasteiger partial charge on any atom is -0.368 e. The third kappa shape index (κ3) is 4.86. The van der Waals surface area contributed by atoms with Gasteiger partial charge in [0.25, 0.3) is 0 Å². The summed E-state index contributed by atoms with van der Waals surface area (Å²) in [6, 6.07) is 5.13. The molecule has 0 radical (unpaired) electrons. The summed E-state index contributed by atoms with van der Waals surface area (Å²) in [6.45, 7) is 3.61. The van der Waals surface area contributed by atoms with Crippen LogP contribution in [0.4, 0.5) is 0 Å². The van der Waals surface area contributed by atoms with E-state index in [1.54, 1.807) is 26.0 Å². The average Bonchev–Trinajstić information content (AvgIpc) is 2.42. The number of amides is 1. The topological polar surface area (TPSA) is 115 Å². The molecule has 21 heavy (non-hydrogen) atoms. The van der Waals surface area contributed by atoms with Crippen LogP contribution in [0.3, 0.4) is 0 Å². The first kappa shape index (κ1) is 17.2. The van der Waals surface area contributed by atoms with E-state index in [0.717, 1.165) is 0 Å². The van der Waals surface area contributed by atoms with Crippen LogP contribution in [-0.4, -0.2) is 26.9 Å². The first-order valence-electron chi connectivity index (χ1n) is 6.38. The molecule has 1 aromatic carbocycles. The molecule has 0 aliphatic carbocycles. The summed E-state index contributed by atoms with van der Waals surface area (Å²) < 4.78 is 26.9. The van der Waals surface area contributed by atoms with Crippen molar-refractivity contribution in [3.8, 4) is 11.8 Å². The lowest BCUT2D eigenvalue weighted by Crippen LogP contribution is -2.47. The number of hydrogen-bond donors (Lipinski definition) is 3. The fourth-order valence-corrected chi connectivity index (χ4v) is 3.05. The summed E-state index contributed by atoms with van der Waals surface area (Å²) in [7, 11) is -3.85. The van der Waals surface area contributed by atoms with Gasteiger partial charge in [-0.25, -0.2) is 8.42 Å². The van der Waals surface area contributed by atoms with E-state index in [9.17, 15) is 13.2 Å². The average molecular weight is 309 g/mol. The Hall–Kier alpha value is -1.88. The Bertz CT molecular complexity index is 672. The Labute approximate surface area is 125 Å². The van der Waals surface area contributed by atoms with Crippen molar-refractivity contribution in [2.45, 2.75) is 24.8 Å². The van der Waals surface area contributed by atoms with Crippen LogP contribution in [0, 0.1) is 17.8 Å². The lowest BCUT2D eigenvalue weighted by Gasteiger charge is -2.18. The maximum absolute atomic E-state index is 12.3. The second-order valence-corrected chi connectivity index (χ2v) is 6.49. The normalized spacial score (nSPS) is 12.6. The molecule has 0 saturated carbocycles. The van der Waals surface area contributed by atoms with Gasteiger partial charge in [-0.2, -0.15) is 4.72 Å². The van der Waals surface area contributed by atoms with E-state index in [1.807, 2.05) is 0 Å². The number of primary amides is 1. The lowest BCUT2D eigenvalue weighted by atomic mass is 10.1. The Morgan fingerprint density at radius 3 is 2.57 bits per heavy atom. The molecule has 1 amide bonds. The second-order valence-electron chi connectivity index (χ2n) is 4.78. The van der Waals surface area contributed by atoms with Crippen LogP contribution in [0.25, 0.3) is 0 Å². The largest absolute Gasteiger partial charge is 0.368 e. The SMILES string of the molecule is CC(C)C(NS(=O)(=O)c1cccc(C#CCN)c1)C(N)=O. The highest BCUT2D eigenvalue weighted by Crippen LogP contribution is 2.13. The molecule has 0 bridgehead atoms. The third-order valence-electron chi connectivity index (χ3n) is 2.73. The molecule has 0 aromatic heterocycles. The molecule has 0 aliphatic rings. The number of nitrogens with one attached hydrogen (secondary N) is 1. The van der Waals surface area contributed by atoms with E-state index >= 15 is 0 Å². The molecule has 0 spiro atoms. The third-order valence-corrected chi connectivity index (χ3v) is 4.17. The van der Waals surface area contributed by atoms with Crippen LogP contribution >= 0.6 is 0 Å². The number of benzene rings is 1. The molecule has 1 atom stereocenters. The molecule has 1 unspecified atom stereocenters. The highest BCUT2D eigenvalue weighted by Gasteiger charge is 2.26. The Balaban J connectivity index is 3.10. The Morgan fingerprint density at radius 1 is 1.38 bits per heavy atom. The Morgan fingerprint density at radius 2 is 2.05 bits per heavy atom. The molecule has 6 nitrogen and oxygen atoms in total. The molecular formula is C14H19N3O3S. The highest BCUT2D eigenvalue weighted by molar-refractivity contribution is 7.89. The number of hydrogen-bond acceptors (Lipinski definition) is 4. The second kappa shape index (κ2) is 7.22.